The Balaban J connectivity index is 1.91. The Morgan fingerprint density at radius 3 is 2.67 bits per heavy atom. The number of aliphatic imine (C=N–C) groups is 1. The first-order chi connectivity index (χ1) is 7.33. The molecule has 3 fully saturated rings. The summed E-state index contributed by atoms with van der Waals surface area (Å²) < 4.78 is 0. The standard InChI is InChI=1S/C10H21N5/c1-2-12-10(14-11)13-9-7-15-5-3-8(9)4-6-15/h8-9H,2-7,11H2,1H3,(H2,12,13,14). The first kappa shape index (κ1) is 10.7. The van der Waals surface area contributed by atoms with Gasteiger partial charge < -0.3 is 10.2 Å². The predicted molar refractivity (Wildman–Crippen MR) is 61.4 cm³/mol. The highest BCUT2D eigenvalue weighted by atomic mass is 15.3. The van der Waals surface area contributed by atoms with Crippen LogP contribution in [0.2, 0.25) is 0 Å². The van der Waals surface area contributed by atoms with E-state index in [1.54, 1.807) is 0 Å². The van der Waals surface area contributed by atoms with Crippen LogP contribution in [0.3, 0.4) is 0 Å². The molecule has 86 valence electrons. The topological polar surface area (TPSA) is 65.7 Å². The van der Waals surface area contributed by atoms with Crippen molar-refractivity contribution in [1.29, 1.82) is 0 Å². The van der Waals surface area contributed by atoms with Crippen LogP contribution in [0.25, 0.3) is 0 Å². The minimum atomic E-state index is 0.522. The maximum atomic E-state index is 5.42. The van der Waals surface area contributed by atoms with Crippen molar-refractivity contribution < 1.29 is 0 Å². The van der Waals surface area contributed by atoms with Crippen molar-refractivity contribution in [1.82, 2.24) is 15.6 Å². The fourth-order valence-corrected chi connectivity index (χ4v) is 2.60. The molecule has 0 saturated carbocycles. The monoisotopic (exact) mass is 211 g/mol. The van der Waals surface area contributed by atoms with Crippen LogP contribution in [0.5, 0.6) is 0 Å². The van der Waals surface area contributed by atoms with Crippen LogP contribution >= 0.6 is 0 Å². The number of rotatable bonds is 2. The van der Waals surface area contributed by atoms with Crippen molar-refractivity contribution in [2.45, 2.75) is 25.8 Å². The van der Waals surface area contributed by atoms with E-state index in [2.05, 4.69) is 20.6 Å². The second kappa shape index (κ2) is 4.81. The Hall–Kier alpha value is -0.810. The molecule has 4 N–H and O–H groups in total. The molecule has 0 radical (unpaired) electrons. The maximum Gasteiger partial charge on any atom is 0.205 e. The summed E-state index contributed by atoms with van der Waals surface area (Å²) in [5.41, 5.74) is 2.63. The van der Waals surface area contributed by atoms with E-state index in [0.29, 0.717) is 6.04 Å². The molecule has 2 bridgehead atoms. The average Bonchev–Trinajstić information content (AvgIpc) is 2.30. The molecule has 3 heterocycles. The summed E-state index contributed by atoms with van der Waals surface area (Å²) in [5, 5.41) is 3.41. The Bertz CT molecular complexity index is 232. The van der Waals surface area contributed by atoms with Gasteiger partial charge in [0, 0.05) is 19.1 Å². The Morgan fingerprint density at radius 1 is 1.47 bits per heavy atom. The third kappa shape index (κ3) is 2.41. The second-order valence-corrected chi connectivity index (χ2v) is 4.36. The highest BCUT2D eigenvalue weighted by Gasteiger charge is 2.34. The molecule has 3 saturated heterocycles. The summed E-state index contributed by atoms with van der Waals surface area (Å²) in [5.74, 6) is 6.95. The fourth-order valence-electron chi connectivity index (χ4n) is 2.60. The SMILES string of the molecule is CCN=C(NN)NC1CN2CCC1CC2. The summed E-state index contributed by atoms with van der Waals surface area (Å²) >= 11 is 0. The molecule has 3 rings (SSSR count). The van der Waals surface area contributed by atoms with E-state index in [0.717, 1.165) is 25.0 Å². The summed E-state index contributed by atoms with van der Waals surface area (Å²) in [7, 11) is 0. The zero-order valence-electron chi connectivity index (χ0n) is 9.37. The molecular formula is C10H21N5. The lowest BCUT2D eigenvalue weighted by molar-refractivity contribution is 0.0808. The van der Waals surface area contributed by atoms with Gasteiger partial charge in [-0.1, -0.05) is 0 Å². The molecule has 1 atom stereocenters. The van der Waals surface area contributed by atoms with E-state index in [1.165, 1.54) is 25.9 Å². The van der Waals surface area contributed by atoms with Gasteiger partial charge in [0.2, 0.25) is 5.96 Å². The number of hydrogen-bond acceptors (Lipinski definition) is 3. The van der Waals surface area contributed by atoms with Crippen LogP contribution in [0.15, 0.2) is 4.99 Å². The number of hydrogen-bond donors (Lipinski definition) is 3. The molecular weight excluding hydrogens is 190 g/mol. The summed E-state index contributed by atoms with van der Waals surface area (Å²) in [6.45, 7) is 6.43. The lowest BCUT2D eigenvalue weighted by Gasteiger charge is -2.45. The first-order valence-corrected chi connectivity index (χ1v) is 5.83. The minimum Gasteiger partial charge on any atom is -0.351 e. The van der Waals surface area contributed by atoms with Crippen molar-refractivity contribution in [2.75, 3.05) is 26.2 Å². The highest BCUT2D eigenvalue weighted by Crippen LogP contribution is 2.27. The fraction of sp³-hybridized carbons (Fsp3) is 0.900. The lowest BCUT2D eigenvalue weighted by atomic mass is 9.84. The Labute approximate surface area is 91.1 Å². The first-order valence-electron chi connectivity index (χ1n) is 5.83. The third-order valence-electron chi connectivity index (χ3n) is 3.43. The van der Waals surface area contributed by atoms with Crippen molar-refractivity contribution in [3.63, 3.8) is 0 Å². The zero-order valence-corrected chi connectivity index (χ0v) is 9.37. The summed E-state index contributed by atoms with van der Waals surface area (Å²) in [6.07, 6.45) is 2.61. The van der Waals surface area contributed by atoms with Crippen molar-refractivity contribution in [3.05, 3.63) is 0 Å². The summed E-state index contributed by atoms with van der Waals surface area (Å²) in [6, 6.07) is 0.522. The van der Waals surface area contributed by atoms with Gasteiger partial charge in [-0.3, -0.25) is 10.4 Å². The van der Waals surface area contributed by atoms with E-state index < -0.39 is 0 Å². The number of fused-ring (bicyclic) bond motifs is 3. The molecule has 3 aliphatic heterocycles. The zero-order chi connectivity index (χ0) is 10.7. The molecule has 15 heavy (non-hydrogen) atoms. The molecule has 0 aromatic rings. The quantitative estimate of drug-likeness (QED) is 0.249. The van der Waals surface area contributed by atoms with Crippen molar-refractivity contribution >= 4 is 5.96 Å². The number of guanidine groups is 1. The molecule has 5 nitrogen and oxygen atoms in total. The molecule has 0 aliphatic carbocycles. The smallest absolute Gasteiger partial charge is 0.205 e. The van der Waals surface area contributed by atoms with Gasteiger partial charge in [0.1, 0.15) is 0 Å². The summed E-state index contributed by atoms with van der Waals surface area (Å²) in [4.78, 5) is 6.78. The molecule has 0 aromatic carbocycles. The molecule has 0 amide bonds. The number of nitrogens with zero attached hydrogens (tertiary/aromatic N) is 2. The highest BCUT2D eigenvalue weighted by molar-refractivity contribution is 5.79. The molecule has 0 aromatic heterocycles. The van der Waals surface area contributed by atoms with Gasteiger partial charge in [0.15, 0.2) is 0 Å². The van der Waals surface area contributed by atoms with Crippen LogP contribution in [-0.2, 0) is 0 Å². The van der Waals surface area contributed by atoms with Gasteiger partial charge in [-0.25, -0.2) is 5.84 Å². The molecule has 3 aliphatic rings. The van der Waals surface area contributed by atoms with Crippen LogP contribution in [0.4, 0.5) is 0 Å². The normalized spacial score (nSPS) is 35.3. The Morgan fingerprint density at radius 2 is 2.20 bits per heavy atom. The maximum absolute atomic E-state index is 5.42. The van der Waals surface area contributed by atoms with Crippen LogP contribution in [0.1, 0.15) is 19.8 Å². The predicted octanol–water partition coefficient (Wildman–Crippen LogP) is -0.491. The van der Waals surface area contributed by atoms with Gasteiger partial charge in [0.05, 0.1) is 0 Å². The number of piperidine rings is 3. The van der Waals surface area contributed by atoms with Crippen molar-refractivity contribution in [2.24, 2.45) is 16.8 Å². The molecule has 1 unspecified atom stereocenters. The van der Waals surface area contributed by atoms with Gasteiger partial charge in [0.25, 0.3) is 0 Å². The van der Waals surface area contributed by atoms with Gasteiger partial charge in [-0.2, -0.15) is 0 Å². The van der Waals surface area contributed by atoms with E-state index >= 15 is 0 Å². The van der Waals surface area contributed by atoms with Gasteiger partial charge >= 0.3 is 0 Å². The van der Waals surface area contributed by atoms with E-state index in [4.69, 9.17) is 5.84 Å². The van der Waals surface area contributed by atoms with E-state index in [9.17, 15) is 0 Å². The second-order valence-electron chi connectivity index (χ2n) is 4.36. The molecule has 5 heteroatoms. The number of nitrogens with one attached hydrogen (secondary N) is 2. The number of hydrazine groups is 1. The number of nitrogens with two attached hydrogens (primary N) is 1. The van der Waals surface area contributed by atoms with Crippen molar-refractivity contribution in [3.8, 4) is 0 Å². The van der Waals surface area contributed by atoms with Crippen LogP contribution in [-0.4, -0.2) is 43.1 Å². The lowest BCUT2D eigenvalue weighted by Crippen LogP contribution is -2.59. The molecule has 0 spiro atoms. The third-order valence-corrected chi connectivity index (χ3v) is 3.43. The van der Waals surface area contributed by atoms with Crippen LogP contribution in [0, 0.1) is 5.92 Å². The average molecular weight is 211 g/mol. The van der Waals surface area contributed by atoms with Gasteiger partial charge in [-0.15, -0.1) is 0 Å². The van der Waals surface area contributed by atoms with E-state index in [1.807, 2.05) is 6.92 Å². The Kier molecular flexibility index (Phi) is 3.43. The van der Waals surface area contributed by atoms with E-state index in [-0.39, 0.29) is 0 Å². The largest absolute Gasteiger partial charge is 0.351 e. The van der Waals surface area contributed by atoms with Gasteiger partial charge in [-0.05, 0) is 38.8 Å². The minimum absolute atomic E-state index is 0.522. The van der Waals surface area contributed by atoms with Crippen LogP contribution < -0.4 is 16.6 Å².